The second kappa shape index (κ2) is 5.82. The van der Waals surface area contributed by atoms with Gasteiger partial charge in [-0.15, -0.1) is 0 Å². The summed E-state index contributed by atoms with van der Waals surface area (Å²) in [4.78, 5) is 4.46. The van der Waals surface area contributed by atoms with Gasteiger partial charge in [0.05, 0.1) is 17.6 Å². The summed E-state index contributed by atoms with van der Waals surface area (Å²) >= 11 is 6.61. The fourth-order valence-corrected chi connectivity index (χ4v) is 1.37. The number of nitrogens with one attached hydrogen (secondary N) is 1. The maximum atomic E-state index is 5.43. The maximum Gasteiger partial charge on any atom is 0.122 e. The van der Waals surface area contributed by atoms with Gasteiger partial charge < -0.3 is 11.1 Å². The van der Waals surface area contributed by atoms with Crippen molar-refractivity contribution in [3.63, 3.8) is 0 Å². The fraction of sp³-hybridized carbons (Fsp3) is 0.333. The Bertz CT molecular complexity index is 297. The van der Waals surface area contributed by atoms with Gasteiger partial charge in [0.1, 0.15) is 4.99 Å². The summed E-state index contributed by atoms with van der Waals surface area (Å²) in [6.07, 6.45) is 3.82. The Balaban J connectivity index is 2.51. The monoisotopic (exact) mass is 227 g/mol. The summed E-state index contributed by atoms with van der Waals surface area (Å²) in [5, 5.41) is 3.24. The van der Waals surface area contributed by atoms with Crippen LogP contribution in [0.5, 0.6) is 0 Å². The third-order valence-corrected chi connectivity index (χ3v) is 2.47. The van der Waals surface area contributed by atoms with E-state index >= 15 is 0 Å². The van der Waals surface area contributed by atoms with Crippen LogP contribution < -0.4 is 11.1 Å². The Labute approximate surface area is 93.5 Å². The van der Waals surface area contributed by atoms with Crippen molar-refractivity contribution in [3.05, 3.63) is 24.0 Å². The zero-order valence-electron chi connectivity index (χ0n) is 7.99. The van der Waals surface area contributed by atoms with Gasteiger partial charge in [-0.25, -0.2) is 0 Å². The number of pyridine rings is 1. The topological polar surface area (TPSA) is 50.9 Å². The highest BCUT2D eigenvalue weighted by atomic mass is 32.2. The second-order valence-electron chi connectivity index (χ2n) is 2.72. The predicted octanol–water partition coefficient (Wildman–Crippen LogP) is 1.49. The van der Waals surface area contributed by atoms with E-state index in [1.807, 2.05) is 12.1 Å². The maximum absolute atomic E-state index is 5.43. The summed E-state index contributed by atoms with van der Waals surface area (Å²) in [7, 11) is 0. The number of nitrogens with two attached hydrogens (primary N) is 1. The molecule has 5 heteroatoms. The first-order valence-corrected chi connectivity index (χ1v) is 6.03. The molecule has 1 rings (SSSR count). The van der Waals surface area contributed by atoms with Crippen molar-refractivity contribution in [2.75, 3.05) is 23.9 Å². The first-order valence-electron chi connectivity index (χ1n) is 4.22. The zero-order valence-corrected chi connectivity index (χ0v) is 9.62. The average molecular weight is 227 g/mol. The van der Waals surface area contributed by atoms with Crippen LogP contribution in [0.15, 0.2) is 18.3 Å². The fourth-order valence-electron chi connectivity index (χ4n) is 0.942. The Hall–Kier alpha value is -0.810. The van der Waals surface area contributed by atoms with Crippen LogP contribution in [0, 0.1) is 0 Å². The standard InChI is InChI=1S/C9H13N3S2/c1-14-5-4-11-7-2-3-8(9(10)13)12-6-7/h2-3,6,11H,4-5H2,1H3,(H2,10,13). The minimum absolute atomic E-state index is 0.334. The third kappa shape index (κ3) is 3.51. The van der Waals surface area contributed by atoms with E-state index in [9.17, 15) is 0 Å². The highest BCUT2D eigenvalue weighted by Gasteiger charge is 1.97. The first kappa shape index (κ1) is 11.3. The van der Waals surface area contributed by atoms with E-state index in [0.29, 0.717) is 10.7 Å². The summed E-state index contributed by atoms with van der Waals surface area (Å²) in [6.45, 7) is 0.940. The number of thiocarbonyl (C=S) groups is 1. The van der Waals surface area contributed by atoms with Crippen molar-refractivity contribution in [1.29, 1.82) is 0 Å². The van der Waals surface area contributed by atoms with E-state index in [4.69, 9.17) is 18.0 Å². The number of anilines is 1. The minimum Gasteiger partial charge on any atom is -0.388 e. The van der Waals surface area contributed by atoms with Crippen molar-refractivity contribution in [3.8, 4) is 0 Å². The van der Waals surface area contributed by atoms with Crippen molar-refractivity contribution in [2.24, 2.45) is 5.73 Å². The number of thioether (sulfide) groups is 1. The number of hydrogen-bond acceptors (Lipinski definition) is 4. The van der Waals surface area contributed by atoms with Gasteiger partial charge in [-0.1, -0.05) is 12.2 Å². The Morgan fingerprint density at radius 3 is 2.93 bits per heavy atom. The van der Waals surface area contributed by atoms with Crippen LogP contribution in [0.3, 0.4) is 0 Å². The van der Waals surface area contributed by atoms with Gasteiger partial charge in [-0.3, -0.25) is 4.98 Å². The first-order chi connectivity index (χ1) is 6.74. The molecular formula is C9H13N3S2. The van der Waals surface area contributed by atoms with Crippen molar-refractivity contribution in [1.82, 2.24) is 4.98 Å². The Morgan fingerprint density at radius 1 is 1.64 bits per heavy atom. The molecular weight excluding hydrogens is 214 g/mol. The van der Waals surface area contributed by atoms with Gasteiger partial charge >= 0.3 is 0 Å². The smallest absolute Gasteiger partial charge is 0.122 e. The average Bonchev–Trinajstić information content (AvgIpc) is 2.19. The Kier molecular flexibility index (Phi) is 4.69. The van der Waals surface area contributed by atoms with Gasteiger partial charge in [0.25, 0.3) is 0 Å². The Morgan fingerprint density at radius 2 is 2.43 bits per heavy atom. The highest BCUT2D eigenvalue weighted by Crippen LogP contribution is 2.06. The quantitative estimate of drug-likeness (QED) is 0.589. The molecule has 0 spiro atoms. The van der Waals surface area contributed by atoms with Crippen LogP contribution in [0.25, 0.3) is 0 Å². The lowest BCUT2D eigenvalue weighted by atomic mass is 10.3. The molecule has 1 aromatic rings. The van der Waals surface area contributed by atoms with Gasteiger partial charge in [-0.05, 0) is 18.4 Å². The number of rotatable bonds is 5. The molecule has 1 heterocycles. The van der Waals surface area contributed by atoms with Crippen molar-refractivity contribution < 1.29 is 0 Å². The van der Waals surface area contributed by atoms with Crippen molar-refractivity contribution >= 4 is 34.7 Å². The van der Waals surface area contributed by atoms with Gasteiger partial charge in [0.15, 0.2) is 0 Å². The SMILES string of the molecule is CSCCNc1ccc(C(N)=S)nc1. The lowest BCUT2D eigenvalue weighted by molar-refractivity contribution is 1.20. The van der Waals surface area contributed by atoms with Gasteiger partial charge in [0.2, 0.25) is 0 Å². The molecule has 1 aromatic heterocycles. The van der Waals surface area contributed by atoms with Crippen LogP contribution in [0.2, 0.25) is 0 Å². The minimum atomic E-state index is 0.334. The molecule has 0 unspecified atom stereocenters. The molecule has 0 saturated carbocycles. The number of hydrogen-bond donors (Lipinski definition) is 2. The van der Waals surface area contributed by atoms with Gasteiger partial charge in [0, 0.05) is 12.3 Å². The summed E-state index contributed by atoms with van der Waals surface area (Å²) in [5.41, 5.74) is 7.09. The van der Waals surface area contributed by atoms with E-state index < -0.39 is 0 Å². The van der Waals surface area contributed by atoms with Crippen LogP contribution in [-0.2, 0) is 0 Å². The molecule has 0 radical (unpaired) electrons. The van der Waals surface area contributed by atoms with E-state index in [2.05, 4.69) is 16.6 Å². The largest absolute Gasteiger partial charge is 0.388 e. The van der Waals surface area contributed by atoms with E-state index in [-0.39, 0.29) is 0 Å². The molecule has 0 aliphatic rings. The molecule has 0 atom stereocenters. The molecule has 3 N–H and O–H groups in total. The van der Waals surface area contributed by atoms with Crippen LogP contribution in [0.1, 0.15) is 5.69 Å². The molecule has 0 aliphatic heterocycles. The summed E-state index contributed by atoms with van der Waals surface area (Å²) < 4.78 is 0. The normalized spacial score (nSPS) is 9.79. The van der Waals surface area contributed by atoms with Crippen LogP contribution in [-0.4, -0.2) is 28.5 Å². The molecule has 3 nitrogen and oxygen atoms in total. The lowest BCUT2D eigenvalue weighted by Crippen LogP contribution is -2.11. The van der Waals surface area contributed by atoms with Gasteiger partial charge in [-0.2, -0.15) is 11.8 Å². The highest BCUT2D eigenvalue weighted by molar-refractivity contribution is 7.98. The van der Waals surface area contributed by atoms with Crippen molar-refractivity contribution in [2.45, 2.75) is 0 Å². The van der Waals surface area contributed by atoms with E-state index in [1.54, 1.807) is 18.0 Å². The molecule has 0 saturated heterocycles. The lowest BCUT2D eigenvalue weighted by Gasteiger charge is -2.04. The molecule has 76 valence electrons. The van der Waals surface area contributed by atoms with Crippen LogP contribution in [0.4, 0.5) is 5.69 Å². The molecule has 0 amide bonds. The zero-order chi connectivity index (χ0) is 10.4. The molecule has 0 bridgehead atoms. The molecule has 14 heavy (non-hydrogen) atoms. The number of aromatic nitrogens is 1. The van der Waals surface area contributed by atoms with E-state index in [1.165, 1.54) is 0 Å². The predicted molar refractivity (Wildman–Crippen MR) is 67.0 cm³/mol. The third-order valence-electron chi connectivity index (χ3n) is 1.65. The molecule has 0 aromatic carbocycles. The van der Waals surface area contributed by atoms with E-state index in [0.717, 1.165) is 18.0 Å². The summed E-state index contributed by atoms with van der Waals surface area (Å²) in [6, 6.07) is 3.76. The molecule has 0 fully saturated rings. The summed E-state index contributed by atoms with van der Waals surface area (Å²) in [5.74, 6) is 1.08. The molecule has 0 aliphatic carbocycles. The number of nitrogens with zero attached hydrogens (tertiary/aromatic N) is 1. The second-order valence-corrected chi connectivity index (χ2v) is 4.14. The van der Waals surface area contributed by atoms with Crippen LogP contribution >= 0.6 is 24.0 Å².